The molecule has 0 amide bonds. The molecule has 10 heteroatoms. The lowest BCUT2D eigenvalue weighted by molar-refractivity contribution is 0.127. The van der Waals surface area contributed by atoms with Crippen molar-refractivity contribution in [2.45, 2.75) is 5.85 Å². The highest BCUT2D eigenvalue weighted by atomic mass is 31.2. The molecule has 0 aliphatic heterocycles. The fraction of sp³-hybridized carbons (Fsp3) is 1.00. The Balaban J connectivity index is 0. The normalized spacial score (nSPS) is 12.8. The third-order valence-electron chi connectivity index (χ3n) is 0.552. The Morgan fingerprint density at radius 1 is 1.33 bits per heavy atom. The highest BCUT2D eigenvalue weighted by Crippen LogP contribution is 2.38. The molecule has 74 valence electrons. The molecule has 0 spiro atoms. The first-order chi connectivity index (χ1) is 5.21. The molecular formula is C2H9O8P2+. The lowest BCUT2D eigenvalue weighted by Gasteiger charge is -2.06. The van der Waals surface area contributed by atoms with E-state index in [1.54, 1.807) is 0 Å². The Hall–Kier alpha value is 0.0900. The van der Waals surface area contributed by atoms with Crippen molar-refractivity contribution in [3.05, 3.63) is 0 Å². The minimum absolute atomic E-state index is 0.912. The van der Waals surface area contributed by atoms with E-state index in [0.29, 0.717) is 0 Å². The lowest BCUT2D eigenvalue weighted by Crippen LogP contribution is -2.11. The van der Waals surface area contributed by atoms with E-state index in [-0.39, 0.29) is 0 Å². The molecule has 1 unspecified atom stereocenters. The highest BCUT2D eigenvalue weighted by molar-refractivity contribution is 7.52. The molecule has 0 aromatic carbocycles. The van der Waals surface area contributed by atoms with Crippen molar-refractivity contribution in [1.82, 2.24) is 0 Å². The van der Waals surface area contributed by atoms with Crippen LogP contribution in [-0.2, 0) is 9.13 Å². The standard InChI is InChI=1S/C2H7O5P.HO3P/c3-1-2(4)8(5,6)7;1-4(2)3/h2-4H,1H2,(H2,5,6,7);(H-,1,2,3)/p+1. The van der Waals surface area contributed by atoms with Gasteiger partial charge in [-0.1, -0.05) is 0 Å². The third kappa shape index (κ3) is 12.7. The smallest absolute Gasteiger partial charge is 0.393 e. The minimum Gasteiger partial charge on any atom is -0.393 e. The van der Waals surface area contributed by atoms with Gasteiger partial charge in [-0.3, -0.25) is 4.57 Å². The van der Waals surface area contributed by atoms with E-state index in [2.05, 4.69) is 0 Å². The van der Waals surface area contributed by atoms with Crippen LogP contribution in [0, 0.1) is 0 Å². The van der Waals surface area contributed by atoms with E-state index in [0.717, 1.165) is 0 Å². The van der Waals surface area contributed by atoms with Crippen molar-refractivity contribution < 1.29 is 38.9 Å². The minimum atomic E-state index is -4.45. The molecule has 0 saturated heterocycles. The van der Waals surface area contributed by atoms with Crippen molar-refractivity contribution in [2.24, 2.45) is 0 Å². The number of aliphatic hydroxyl groups is 2. The first-order valence-electron chi connectivity index (χ1n) is 2.41. The van der Waals surface area contributed by atoms with Crippen molar-refractivity contribution >= 4 is 15.9 Å². The van der Waals surface area contributed by atoms with Crippen LogP contribution in [0.4, 0.5) is 0 Å². The molecule has 1 atom stereocenters. The van der Waals surface area contributed by atoms with Crippen LogP contribution < -0.4 is 0 Å². The molecule has 0 aromatic rings. The second-order valence-electron chi connectivity index (χ2n) is 1.51. The van der Waals surface area contributed by atoms with Crippen LogP contribution in [0.2, 0.25) is 0 Å². The predicted molar refractivity (Wildman–Crippen MR) is 37.2 cm³/mol. The molecule has 0 aliphatic carbocycles. The maximum atomic E-state index is 9.85. The van der Waals surface area contributed by atoms with Crippen LogP contribution in [0.15, 0.2) is 0 Å². The van der Waals surface area contributed by atoms with Gasteiger partial charge in [0.15, 0.2) is 5.85 Å². The Bertz CT molecular complexity index is 168. The molecule has 0 aromatic heterocycles. The van der Waals surface area contributed by atoms with E-state index in [9.17, 15) is 4.57 Å². The zero-order valence-electron chi connectivity index (χ0n) is 5.68. The second-order valence-corrected chi connectivity index (χ2v) is 3.78. The van der Waals surface area contributed by atoms with Crippen molar-refractivity contribution in [1.29, 1.82) is 0 Å². The van der Waals surface area contributed by atoms with Gasteiger partial charge in [0.25, 0.3) is 0 Å². The molecule has 6 N–H and O–H groups in total. The van der Waals surface area contributed by atoms with E-state index < -0.39 is 28.3 Å². The van der Waals surface area contributed by atoms with Gasteiger partial charge in [-0.2, -0.15) is 0 Å². The summed E-state index contributed by atoms with van der Waals surface area (Å²) < 4.78 is 18.6. The van der Waals surface area contributed by atoms with E-state index in [1.165, 1.54) is 0 Å². The molecule has 0 radical (unpaired) electrons. The first kappa shape index (κ1) is 14.6. The Morgan fingerprint density at radius 3 is 1.58 bits per heavy atom. The van der Waals surface area contributed by atoms with Crippen molar-refractivity contribution in [3.8, 4) is 0 Å². The van der Waals surface area contributed by atoms with Gasteiger partial charge in [-0.05, 0) is 0 Å². The summed E-state index contributed by atoms with van der Waals surface area (Å²) in [6.45, 7) is -0.912. The number of rotatable bonds is 2. The van der Waals surface area contributed by atoms with E-state index in [4.69, 9.17) is 34.4 Å². The summed E-state index contributed by atoms with van der Waals surface area (Å²) in [5.74, 6) is -1.93. The summed E-state index contributed by atoms with van der Waals surface area (Å²) in [6.07, 6.45) is 0. The first-order valence-corrected chi connectivity index (χ1v) is 5.25. The maximum absolute atomic E-state index is 9.85. The fourth-order valence-electron chi connectivity index (χ4n) is 0.106. The van der Waals surface area contributed by atoms with Gasteiger partial charge in [0.05, 0.1) is 6.61 Å². The quantitative estimate of drug-likeness (QED) is 0.296. The molecule has 0 rings (SSSR count). The molecule has 12 heavy (non-hydrogen) atoms. The van der Waals surface area contributed by atoms with Gasteiger partial charge < -0.3 is 20.0 Å². The van der Waals surface area contributed by atoms with Crippen LogP contribution in [0.25, 0.3) is 0 Å². The van der Waals surface area contributed by atoms with Gasteiger partial charge in [-0.25, -0.2) is 0 Å². The molecule has 0 bridgehead atoms. The zero-order valence-corrected chi connectivity index (χ0v) is 7.47. The zero-order chi connectivity index (χ0) is 10.4. The maximum Gasteiger partial charge on any atom is 0.692 e. The Kier molecular flexibility index (Phi) is 8.02. The van der Waals surface area contributed by atoms with Gasteiger partial charge in [-0.15, -0.1) is 9.79 Å². The van der Waals surface area contributed by atoms with Crippen LogP contribution >= 0.6 is 15.9 Å². The van der Waals surface area contributed by atoms with Gasteiger partial charge >= 0.3 is 15.9 Å². The lowest BCUT2D eigenvalue weighted by atomic mass is 10.8. The van der Waals surface area contributed by atoms with Crippen molar-refractivity contribution in [3.63, 3.8) is 0 Å². The highest BCUT2D eigenvalue weighted by Gasteiger charge is 2.24. The third-order valence-corrected chi connectivity index (χ3v) is 1.49. The number of aliphatic hydroxyl groups excluding tert-OH is 2. The summed E-state index contributed by atoms with van der Waals surface area (Å²) in [7, 11) is -7.32. The van der Waals surface area contributed by atoms with Gasteiger partial charge in [0, 0.05) is 4.57 Å². The topological polar surface area (TPSA) is 156 Å². The summed E-state index contributed by atoms with van der Waals surface area (Å²) in [5.41, 5.74) is 0. The Labute approximate surface area is 68.2 Å². The monoisotopic (exact) mass is 223 g/mol. The largest absolute Gasteiger partial charge is 0.692 e. The molecule has 0 heterocycles. The second kappa shape index (κ2) is 6.59. The molecule has 8 nitrogen and oxygen atoms in total. The molecular weight excluding hydrogens is 214 g/mol. The molecule has 0 saturated carbocycles. The Morgan fingerprint density at radius 2 is 1.58 bits per heavy atom. The summed E-state index contributed by atoms with van der Waals surface area (Å²) in [4.78, 5) is 30.2. The van der Waals surface area contributed by atoms with Crippen LogP contribution in [0.5, 0.6) is 0 Å². The van der Waals surface area contributed by atoms with Crippen LogP contribution in [0.3, 0.4) is 0 Å². The van der Waals surface area contributed by atoms with Gasteiger partial charge in [0.2, 0.25) is 0 Å². The average molecular weight is 223 g/mol. The average Bonchev–Trinajstić information content (AvgIpc) is 1.82. The summed E-state index contributed by atoms with van der Waals surface area (Å²) in [6, 6.07) is 0. The number of hydrogen-bond acceptors (Lipinski definition) is 4. The molecule has 0 fully saturated rings. The van der Waals surface area contributed by atoms with E-state index >= 15 is 0 Å². The predicted octanol–water partition coefficient (Wildman–Crippen LogP) is -1.90. The molecule has 0 aliphatic rings. The van der Waals surface area contributed by atoms with Crippen LogP contribution in [0.1, 0.15) is 0 Å². The summed E-state index contributed by atoms with van der Waals surface area (Å²) in [5, 5.41) is 16.1. The summed E-state index contributed by atoms with van der Waals surface area (Å²) >= 11 is 0. The SMILES string of the molecule is O=P(O)(O)C(O)CO.O=[P+](O)O. The van der Waals surface area contributed by atoms with Crippen molar-refractivity contribution in [2.75, 3.05) is 6.61 Å². The fourth-order valence-corrected chi connectivity index (χ4v) is 0.319. The van der Waals surface area contributed by atoms with Crippen LogP contribution in [-0.4, -0.2) is 42.2 Å². The van der Waals surface area contributed by atoms with E-state index in [1.807, 2.05) is 0 Å². The number of hydrogen-bond donors (Lipinski definition) is 6. The van der Waals surface area contributed by atoms with Gasteiger partial charge in [0.1, 0.15) is 0 Å².